The first-order chi connectivity index (χ1) is 16.9. The second-order valence-electron chi connectivity index (χ2n) is 10.7. The number of aryl methyl sites for hydroxylation is 2. The molecule has 6 nitrogen and oxygen atoms in total. The predicted molar refractivity (Wildman–Crippen MR) is 143 cm³/mol. The van der Waals surface area contributed by atoms with Crippen LogP contribution in [0.1, 0.15) is 49.7 Å². The molecule has 186 valence electrons. The Morgan fingerprint density at radius 2 is 1.80 bits per heavy atom. The Hall–Kier alpha value is -2.86. The SMILES string of the molecule is Cc1ccc(C)c(N2CCN(C(=O)[C@@H]3CCCN(Cc4nc5ccccc5n4C(C)C)C3)CC2)c1. The fourth-order valence-corrected chi connectivity index (χ4v) is 5.87. The van der Waals surface area contributed by atoms with Gasteiger partial charge >= 0.3 is 0 Å². The van der Waals surface area contributed by atoms with Gasteiger partial charge in [0, 0.05) is 44.5 Å². The fourth-order valence-electron chi connectivity index (χ4n) is 5.87. The van der Waals surface area contributed by atoms with Gasteiger partial charge in [0.1, 0.15) is 5.82 Å². The van der Waals surface area contributed by atoms with E-state index in [2.05, 4.69) is 89.4 Å². The number of benzene rings is 2. The van der Waals surface area contributed by atoms with Gasteiger partial charge in [-0.1, -0.05) is 24.3 Å². The van der Waals surface area contributed by atoms with Gasteiger partial charge in [-0.15, -0.1) is 0 Å². The van der Waals surface area contributed by atoms with E-state index in [1.807, 2.05) is 0 Å². The minimum atomic E-state index is 0.0906. The summed E-state index contributed by atoms with van der Waals surface area (Å²) >= 11 is 0. The molecule has 35 heavy (non-hydrogen) atoms. The monoisotopic (exact) mass is 473 g/mol. The molecule has 0 saturated carbocycles. The maximum Gasteiger partial charge on any atom is 0.227 e. The van der Waals surface area contributed by atoms with E-state index in [1.54, 1.807) is 0 Å². The topological polar surface area (TPSA) is 44.6 Å². The molecule has 1 atom stereocenters. The summed E-state index contributed by atoms with van der Waals surface area (Å²) < 4.78 is 2.35. The minimum Gasteiger partial charge on any atom is -0.368 e. The van der Waals surface area contributed by atoms with Gasteiger partial charge in [-0.2, -0.15) is 0 Å². The first kappa shape index (κ1) is 23.9. The first-order valence-electron chi connectivity index (χ1n) is 13.2. The van der Waals surface area contributed by atoms with Crippen LogP contribution in [0.4, 0.5) is 5.69 Å². The van der Waals surface area contributed by atoms with E-state index in [0.717, 1.165) is 70.0 Å². The van der Waals surface area contributed by atoms with E-state index in [4.69, 9.17) is 4.98 Å². The third kappa shape index (κ3) is 4.94. The van der Waals surface area contributed by atoms with Crippen molar-refractivity contribution in [2.45, 2.75) is 53.1 Å². The number of amides is 1. The number of nitrogens with zero attached hydrogens (tertiary/aromatic N) is 5. The molecule has 2 aromatic carbocycles. The number of hydrogen-bond donors (Lipinski definition) is 0. The molecule has 6 heteroatoms. The number of piperazine rings is 1. The average molecular weight is 474 g/mol. The van der Waals surface area contributed by atoms with E-state index in [1.165, 1.54) is 22.3 Å². The first-order valence-corrected chi connectivity index (χ1v) is 13.2. The molecule has 5 rings (SSSR count). The van der Waals surface area contributed by atoms with Gasteiger partial charge in [0.05, 0.1) is 23.5 Å². The van der Waals surface area contributed by atoms with Crippen molar-refractivity contribution in [3.63, 3.8) is 0 Å². The van der Waals surface area contributed by atoms with Gasteiger partial charge in [0.25, 0.3) is 0 Å². The van der Waals surface area contributed by atoms with Gasteiger partial charge in [-0.3, -0.25) is 9.69 Å². The number of rotatable bonds is 5. The van der Waals surface area contributed by atoms with Gasteiger partial charge in [-0.25, -0.2) is 4.98 Å². The minimum absolute atomic E-state index is 0.0906. The van der Waals surface area contributed by atoms with Crippen molar-refractivity contribution in [1.82, 2.24) is 19.4 Å². The molecule has 1 aromatic heterocycles. The molecule has 3 heterocycles. The second kappa shape index (κ2) is 10.0. The molecule has 3 aromatic rings. The third-order valence-corrected chi connectivity index (χ3v) is 7.70. The van der Waals surface area contributed by atoms with Crippen LogP contribution in [0.25, 0.3) is 11.0 Å². The van der Waals surface area contributed by atoms with Gasteiger partial charge in [-0.05, 0) is 76.4 Å². The number of hydrogen-bond acceptors (Lipinski definition) is 4. The van der Waals surface area contributed by atoms with Crippen molar-refractivity contribution < 1.29 is 4.79 Å². The lowest BCUT2D eigenvalue weighted by atomic mass is 9.96. The molecule has 0 aliphatic carbocycles. The van der Waals surface area contributed by atoms with Crippen molar-refractivity contribution in [3.8, 4) is 0 Å². The summed E-state index contributed by atoms with van der Waals surface area (Å²) in [5, 5.41) is 0. The summed E-state index contributed by atoms with van der Waals surface area (Å²) in [4.78, 5) is 25.4. The Bertz CT molecular complexity index is 1190. The zero-order chi connectivity index (χ0) is 24.5. The smallest absolute Gasteiger partial charge is 0.227 e. The number of carbonyl (C=O) groups is 1. The Labute approximate surface area is 209 Å². The summed E-state index contributed by atoms with van der Waals surface area (Å²) in [6.45, 7) is 14.9. The van der Waals surface area contributed by atoms with E-state index < -0.39 is 0 Å². The summed E-state index contributed by atoms with van der Waals surface area (Å²) in [5.41, 5.74) is 6.17. The summed E-state index contributed by atoms with van der Waals surface area (Å²) in [5.74, 6) is 1.54. The van der Waals surface area contributed by atoms with Crippen molar-refractivity contribution in [3.05, 3.63) is 59.4 Å². The van der Waals surface area contributed by atoms with E-state index in [-0.39, 0.29) is 5.92 Å². The molecule has 0 spiro atoms. The Balaban J connectivity index is 1.22. The van der Waals surface area contributed by atoms with Gasteiger partial charge in [0.15, 0.2) is 0 Å². The van der Waals surface area contributed by atoms with Crippen LogP contribution in [-0.2, 0) is 11.3 Å². The third-order valence-electron chi connectivity index (χ3n) is 7.70. The molecular formula is C29H39N5O. The van der Waals surface area contributed by atoms with Crippen molar-refractivity contribution in [2.75, 3.05) is 44.2 Å². The molecule has 2 fully saturated rings. The maximum atomic E-state index is 13.5. The van der Waals surface area contributed by atoms with Crippen LogP contribution in [0.2, 0.25) is 0 Å². The fraction of sp³-hybridized carbons (Fsp3) is 0.517. The standard InChI is InChI=1S/C29H39N5O/c1-21(2)34-26-10-6-5-9-25(26)30-28(34)20-31-13-7-8-24(19-31)29(35)33-16-14-32(15-17-33)27-18-22(3)11-12-23(27)4/h5-6,9-12,18,21,24H,7-8,13-17,19-20H2,1-4H3/t24-/m1/s1. The van der Waals surface area contributed by atoms with Crippen LogP contribution in [0.15, 0.2) is 42.5 Å². The average Bonchev–Trinajstić information content (AvgIpc) is 3.23. The van der Waals surface area contributed by atoms with Crippen molar-refractivity contribution in [1.29, 1.82) is 0 Å². The van der Waals surface area contributed by atoms with Crippen LogP contribution in [0, 0.1) is 19.8 Å². The number of aromatic nitrogens is 2. The molecule has 0 unspecified atom stereocenters. The molecule has 2 aliphatic rings. The van der Waals surface area contributed by atoms with Crippen LogP contribution in [0.3, 0.4) is 0 Å². The number of imidazole rings is 1. The highest BCUT2D eigenvalue weighted by Crippen LogP contribution is 2.27. The highest BCUT2D eigenvalue weighted by atomic mass is 16.2. The Morgan fingerprint density at radius 3 is 2.57 bits per heavy atom. The Morgan fingerprint density at radius 1 is 1.03 bits per heavy atom. The maximum absolute atomic E-state index is 13.5. The molecule has 0 bridgehead atoms. The normalized spacial score (nSPS) is 19.6. The zero-order valence-electron chi connectivity index (χ0n) is 21.7. The quantitative estimate of drug-likeness (QED) is 0.534. The molecule has 2 aliphatic heterocycles. The summed E-state index contributed by atoms with van der Waals surface area (Å²) in [7, 11) is 0. The van der Waals surface area contributed by atoms with Crippen molar-refractivity contribution in [2.24, 2.45) is 5.92 Å². The summed E-state index contributed by atoms with van der Waals surface area (Å²) in [6, 6.07) is 15.4. The molecule has 2 saturated heterocycles. The number of piperidine rings is 1. The van der Waals surface area contributed by atoms with Crippen LogP contribution in [-0.4, -0.2) is 64.5 Å². The molecule has 0 radical (unpaired) electrons. The molecule has 1 amide bonds. The van der Waals surface area contributed by atoms with Gasteiger partial charge < -0.3 is 14.4 Å². The predicted octanol–water partition coefficient (Wildman–Crippen LogP) is 4.79. The molecule has 0 N–H and O–H groups in total. The van der Waals surface area contributed by atoms with Crippen LogP contribution in [0.5, 0.6) is 0 Å². The Kier molecular flexibility index (Phi) is 6.83. The number of para-hydroxylation sites is 2. The molecular weight excluding hydrogens is 434 g/mol. The van der Waals surface area contributed by atoms with Crippen LogP contribution >= 0.6 is 0 Å². The van der Waals surface area contributed by atoms with Crippen LogP contribution < -0.4 is 4.90 Å². The second-order valence-corrected chi connectivity index (χ2v) is 10.7. The van der Waals surface area contributed by atoms with Crippen molar-refractivity contribution >= 4 is 22.6 Å². The zero-order valence-corrected chi connectivity index (χ0v) is 21.7. The lowest BCUT2D eigenvalue weighted by Crippen LogP contribution is -2.52. The van der Waals surface area contributed by atoms with Gasteiger partial charge in [0.2, 0.25) is 5.91 Å². The lowest BCUT2D eigenvalue weighted by Gasteiger charge is -2.40. The van der Waals surface area contributed by atoms with E-state index in [9.17, 15) is 4.79 Å². The number of carbonyl (C=O) groups excluding carboxylic acids is 1. The number of likely N-dealkylation sites (tertiary alicyclic amines) is 1. The lowest BCUT2D eigenvalue weighted by molar-refractivity contribution is -0.137. The van der Waals surface area contributed by atoms with E-state index in [0.29, 0.717) is 11.9 Å². The number of anilines is 1. The van der Waals surface area contributed by atoms with E-state index >= 15 is 0 Å². The summed E-state index contributed by atoms with van der Waals surface area (Å²) in [6.07, 6.45) is 2.06. The highest BCUT2D eigenvalue weighted by Gasteiger charge is 2.32. The highest BCUT2D eigenvalue weighted by molar-refractivity contribution is 5.79. The largest absolute Gasteiger partial charge is 0.368 e. The number of fused-ring (bicyclic) bond motifs is 1.